The zero-order chi connectivity index (χ0) is 14.1. The summed E-state index contributed by atoms with van der Waals surface area (Å²) in [4.78, 5) is 0. The molecule has 1 heteroatoms. The summed E-state index contributed by atoms with van der Waals surface area (Å²) in [5.74, 6) is 0. The van der Waals surface area contributed by atoms with Crippen LogP contribution in [0, 0.1) is 0 Å². The first-order valence-corrected chi connectivity index (χ1v) is 9.52. The van der Waals surface area contributed by atoms with Gasteiger partial charge in [0.25, 0.3) is 0 Å². The van der Waals surface area contributed by atoms with Crippen LogP contribution >= 0.6 is 7.26 Å². The third-order valence-electron chi connectivity index (χ3n) is 4.75. The number of hydrogen-bond donors (Lipinski definition) is 0. The van der Waals surface area contributed by atoms with Crippen molar-refractivity contribution in [1.29, 1.82) is 0 Å². The average Bonchev–Trinajstić information content (AvgIpc) is 1.96. The van der Waals surface area contributed by atoms with E-state index in [1.165, 1.54) is 19.0 Å². The van der Waals surface area contributed by atoms with Gasteiger partial charge < -0.3 is 0 Å². The molecule has 0 aliphatic rings. The monoisotopic (exact) mass is 260 g/mol. The van der Waals surface area contributed by atoms with Crippen LogP contribution in [-0.2, 0) is 0 Å². The predicted molar refractivity (Wildman–Crippen MR) is 87.3 cm³/mol. The Kier molecular flexibility index (Phi) is 5.33. The Labute approximate surface area is 111 Å². The van der Waals surface area contributed by atoms with Gasteiger partial charge in [0.05, 0.1) is 0 Å². The molecule has 0 unspecified atom stereocenters. The topological polar surface area (TPSA) is 0 Å². The van der Waals surface area contributed by atoms with Gasteiger partial charge >= 0.3 is 111 Å². The first-order valence-electron chi connectivity index (χ1n) is 7.31. The molecular weight excluding hydrogens is 223 g/mol. The molecule has 0 aromatic heterocycles. The summed E-state index contributed by atoms with van der Waals surface area (Å²) in [5.41, 5.74) is 0. The van der Waals surface area contributed by atoms with E-state index in [4.69, 9.17) is 0 Å². The fraction of sp³-hybridized carbons (Fsp3) is 1.00. The van der Waals surface area contributed by atoms with Crippen molar-refractivity contribution in [2.45, 2.75) is 97.5 Å². The molecule has 0 aliphatic heterocycles. The van der Waals surface area contributed by atoms with Crippen molar-refractivity contribution in [3.63, 3.8) is 0 Å². The molecule has 0 aliphatic carbocycles. The zero-order valence-corrected chi connectivity index (χ0v) is 15.1. The molecule has 106 valence electrons. The number of unbranched alkanes of at least 4 members (excludes halogenated alkanes) is 1. The van der Waals surface area contributed by atoms with Gasteiger partial charge in [0, 0.05) is 0 Å². The predicted octanol–water partition coefficient (Wildman–Crippen LogP) is 5.93. The van der Waals surface area contributed by atoms with Gasteiger partial charge in [-0.3, -0.25) is 0 Å². The van der Waals surface area contributed by atoms with Gasteiger partial charge in [-0.15, -0.1) is 0 Å². The van der Waals surface area contributed by atoms with Gasteiger partial charge in [-0.05, 0) is 0 Å². The minimum absolute atomic E-state index is 0.471. The summed E-state index contributed by atoms with van der Waals surface area (Å²) in [6.45, 7) is 24.7. The van der Waals surface area contributed by atoms with Gasteiger partial charge in [-0.1, -0.05) is 0 Å². The first-order chi connectivity index (χ1) is 7.31. The molecule has 0 heterocycles. The molecule has 0 amide bonds. The number of hydrogen-bond acceptors (Lipinski definition) is 0. The molecule has 0 aromatic carbocycles. The normalized spacial score (nSPS) is 16.1. The van der Waals surface area contributed by atoms with E-state index in [1.54, 1.807) is 0 Å². The second-order valence-corrected chi connectivity index (χ2v) is 15.6. The molecular formula is C16H37P. The fourth-order valence-corrected chi connectivity index (χ4v) is 14.8. The summed E-state index contributed by atoms with van der Waals surface area (Å²) in [7, 11) is -1.42. The molecule has 0 N–H and O–H groups in total. The Morgan fingerprint density at radius 2 is 0.941 bits per heavy atom. The Bertz CT molecular complexity index is 196. The Morgan fingerprint density at radius 1 is 0.647 bits per heavy atom. The third kappa shape index (κ3) is 3.25. The van der Waals surface area contributed by atoms with Crippen molar-refractivity contribution in [1.82, 2.24) is 0 Å². The zero-order valence-electron chi connectivity index (χ0n) is 14.1. The van der Waals surface area contributed by atoms with Crippen LogP contribution in [0.4, 0.5) is 0 Å². The fourth-order valence-electron chi connectivity index (χ4n) is 4.94. The van der Waals surface area contributed by atoms with E-state index >= 15 is 0 Å². The summed E-state index contributed by atoms with van der Waals surface area (Å²) < 4.78 is 0. The van der Waals surface area contributed by atoms with Gasteiger partial charge in [0.15, 0.2) is 0 Å². The quantitative estimate of drug-likeness (QED) is 0.551. The van der Waals surface area contributed by atoms with Crippen molar-refractivity contribution >= 4 is 7.26 Å². The number of rotatable bonds is 3. The molecule has 0 bridgehead atoms. The van der Waals surface area contributed by atoms with Crippen molar-refractivity contribution in [2.24, 2.45) is 0 Å². The second kappa shape index (κ2) is 5.20. The molecule has 0 saturated heterocycles. The van der Waals surface area contributed by atoms with E-state index < -0.39 is 7.26 Å². The Morgan fingerprint density at radius 3 is 1.12 bits per heavy atom. The summed E-state index contributed by atoms with van der Waals surface area (Å²) >= 11 is 0. The van der Waals surface area contributed by atoms with Gasteiger partial charge in [0.1, 0.15) is 0 Å². The SMILES string of the molecule is CCCC[PH](C(C)(C)C)(C(C)(C)C)C(C)(C)C. The van der Waals surface area contributed by atoms with Crippen LogP contribution in [0.3, 0.4) is 0 Å². The molecule has 0 nitrogen and oxygen atoms in total. The van der Waals surface area contributed by atoms with Crippen molar-refractivity contribution in [3.8, 4) is 0 Å². The molecule has 0 radical (unpaired) electrons. The van der Waals surface area contributed by atoms with Crippen LogP contribution in [0.5, 0.6) is 0 Å². The van der Waals surface area contributed by atoms with E-state index in [2.05, 4.69) is 69.2 Å². The van der Waals surface area contributed by atoms with Crippen LogP contribution in [0.25, 0.3) is 0 Å². The minimum atomic E-state index is -1.42. The molecule has 17 heavy (non-hydrogen) atoms. The maximum absolute atomic E-state index is 2.49. The van der Waals surface area contributed by atoms with E-state index in [-0.39, 0.29) is 0 Å². The summed E-state index contributed by atoms with van der Waals surface area (Å²) in [6, 6.07) is 0. The van der Waals surface area contributed by atoms with Crippen LogP contribution in [0.2, 0.25) is 0 Å². The maximum atomic E-state index is 2.49. The molecule has 0 rings (SSSR count). The van der Waals surface area contributed by atoms with Crippen LogP contribution in [-0.4, -0.2) is 21.6 Å². The average molecular weight is 260 g/mol. The molecule has 0 fully saturated rings. The van der Waals surface area contributed by atoms with Crippen molar-refractivity contribution in [3.05, 3.63) is 0 Å². The third-order valence-corrected chi connectivity index (χ3v) is 13.5. The van der Waals surface area contributed by atoms with E-state index in [1.807, 2.05) is 0 Å². The van der Waals surface area contributed by atoms with Gasteiger partial charge in [0.2, 0.25) is 0 Å². The van der Waals surface area contributed by atoms with Crippen molar-refractivity contribution < 1.29 is 0 Å². The molecule has 0 spiro atoms. The second-order valence-electron chi connectivity index (χ2n) is 8.76. The van der Waals surface area contributed by atoms with Gasteiger partial charge in [-0.2, -0.15) is 0 Å². The Balaban J connectivity index is 5.75. The summed E-state index contributed by atoms with van der Waals surface area (Å²) in [6.07, 6.45) is 4.20. The molecule has 0 atom stereocenters. The molecule has 0 saturated carbocycles. The Hall–Kier alpha value is 0.430. The van der Waals surface area contributed by atoms with E-state index in [0.29, 0.717) is 15.5 Å². The van der Waals surface area contributed by atoms with E-state index in [9.17, 15) is 0 Å². The summed E-state index contributed by atoms with van der Waals surface area (Å²) in [5, 5.41) is 1.41. The van der Waals surface area contributed by atoms with Crippen LogP contribution < -0.4 is 0 Å². The van der Waals surface area contributed by atoms with E-state index in [0.717, 1.165) is 0 Å². The van der Waals surface area contributed by atoms with Crippen LogP contribution in [0.15, 0.2) is 0 Å². The first kappa shape index (κ1) is 17.4. The van der Waals surface area contributed by atoms with Gasteiger partial charge in [-0.25, -0.2) is 0 Å². The van der Waals surface area contributed by atoms with Crippen molar-refractivity contribution in [2.75, 3.05) is 6.16 Å². The molecule has 0 aromatic rings. The van der Waals surface area contributed by atoms with Crippen LogP contribution in [0.1, 0.15) is 82.1 Å². The standard InChI is InChI=1S/C16H37P/c1-11-12-13-17(14(2,3)4,15(5,6)7)16(8,9)10/h17H,11-13H2,1-10H3.